The van der Waals surface area contributed by atoms with Crippen LogP contribution in [-0.2, 0) is 6.18 Å². The van der Waals surface area contributed by atoms with Gasteiger partial charge in [-0.15, -0.1) is 11.3 Å². The summed E-state index contributed by atoms with van der Waals surface area (Å²) in [6.45, 7) is 1.94. The van der Waals surface area contributed by atoms with Gasteiger partial charge in [0.05, 0.1) is 17.5 Å². The molecule has 0 aliphatic heterocycles. The molecule has 0 spiro atoms. The van der Waals surface area contributed by atoms with Crippen LogP contribution >= 0.6 is 23.6 Å². The third kappa shape index (κ3) is 4.28. The minimum atomic E-state index is -4.45. The molecule has 0 atom stereocenters. The van der Waals surface area contributed by atoms with Crippen LogP contribution in [0.25, 0.3) is 0 Å². The summed E-state index contributed by atoms with van der Waals surface area (Å²) in [6, 6.07) is 7.07. The van der Waals surface area contributed by atoms with Crippen molar-refractivity contribution in [3.05, 3.63) is 51.7 Å². The van der Waals surface area contributed by atoms with Crippen LogP contribution in [0.5, 0.6) is 0 Å². The van der Waals surface area contributed by atoms with Crippen molar-refractivity contribution in [2.75, 3.05) is 5.32 Å². The van der Waals surface area contributed by atoms with Gasteiger partial charge in [-0.3, -0.25) is 5.43 Å². The predicted octanol–water partition coefficient (Wildman–Crippen LogP) is 4.40. The molecule has 1 aromatic heterocycles. The molecular weight excluding hydrogens is 331 g/mol. The highest BCUT2D eigenvalue weighted by atomic mass is 32.1. The standard InChI is InChI=1S/C14H12F3N3S2/c1-9-6-7-22-12(9)8-18-20-13(21)19-11-5-3-2-4-10(11)14(15,16)17/h2-8H,1H3,(H2,19,20,21)/b18-8+. The number of nitrogens with zero attached hydrogens (tertiary/aromatic N) is 1. The van der Waals surface area contributed by atoms with Crippen molar-refractivity contribution in [2.45, 2.75) is 13.1 Å². The summed E-state index contributed by atoms with van der Waals surface area (Å²) in [5.74, 6) is 0. The summed E-state index contributed by atoms with van der Waals surface area (Å²) in [7, 11) is 0. The lowest BCUT2D eigenvalue weighted by molar-refractivity contribution is -0.136. The second-order valence-electron chi connectivity index (χ2n) is 4.34. The first-order valence-corrected chi connectivity index (χ1v) is 7.47. The fourth-order valence-corrected chi connectivity index (χ4v) is 2.60. The zero-order chi connectivity index (χ0) is 16.2. The fraction of sp³-hybridized carbons (Fsp3) is 0.143. The van der Waals surface area contributed by atoms with E-state index in [9.17, 15) is 13.2 Å². The number of hydrazone groups is 1. The lowest BCUT2D eigenvalue weighted by atomic mass is 10.2. The van der Waals surface area contributed by atoms with Crippen LogP contribution in [0.4, 0.5) is 18.9 Å². The average Bonchev–Trinajstić information content (AvgIpc) is 2.84. The van der Waals surface area contributed by atoms with Gasteiger partial charge < -0.3 is 5.32 Å². The van der Waals surface area contributed by atoms with E-state index in [1.54, 1.807) is 6.21 Å². The Bertz CT molecular complexity index is 693. The molecule has 2 aromatic rings. The van der Waals surface area contributed by atoms with Crippen LogP contribution in [0.15, 0.2) is 40.8 Å². The third-order valence-electron chi connectivity index (χ3n) is 2.73. The molecule has 3 nitrogen and oxygen atoms in total. The van der Waals surface area contributed by atoms with Gasteiger partial charge in [0.25, 0.3) is 0 Å². The summed E-state index contributed by atoms with van der Waals surface area (Å²) in [5, 5.41) is 8.33. The number of anilines is 1. The average molecular weight is 343 g/mol. The zero-order valence-corrected chi connectivity index (χ0v) is 13.1. The number of benzene rings is 1. The van der Waals surface area contributed by atoms with Crippen molar-refractivity contribution in [3.63, 3.8) is 0 Å². The molecule has 1 heterocycles. The van der Waals surface area contributed by atoms with Gasteiger partial charge in [0.1, 0.15) is 0 Å². The number of rotatable bonds is 3. The molecule has 116 valence electrons. The Kier molecular flexibility index (Phi) is 5.15. The topological polar surface area (TPSA) is 36.4 Å². The molecule has 0 saturated heterocycles. The number of thiophene rings is 1. The second-order valence-corrected chi connectivity index (χ2v) is 5.69. The van der Waals surface area contributed by atoms with Crippen molar-refractivity contribution < 1.29 is 13.2 Å². The first-order valence-electron chi connectivity index (χ1n) is 6.18. The number of halogens is 3. The number of hydrogen-bond donors (Lipinski definition) is 2. The fourth-order valence-electron chi connectivity index (χ4n) is 1.66. The van der Waals surface area contributed by atoms with Gasteiger partial charge in [0.2, 0.25) is 0 Å². The number of para-hydroxylation sites is 1. The van der Waals surface area contributed by atoms with Gasteiger partial charge in [0, 0.05) is 4.88 Å². The number of hydrogen-bond acceptors (Lipinski definition) is 3. The predicted molar refractivity (Wildman–Crippen MR) is 87.5 cm³/mol. The van der Waals surface area contributed by atoms with E-state index < -0.39 is 11.7 Å². The normalized spacial score (nSPS) is 11.6. The Morgan fingerprint density at radius 3 is 2.64 bits per heavy atom. The molecule has 0 saturated carbocycles. The van der Waals surface area contributed by atoms with Crippen LogP contribution in [-0.4, -0.2) is 11.3 Å². The maximum absolute atomic E-state index is 12.8. The lowest BCUT2D eigenvalue weighted by Gasteiger charge is -2.14. The Balaban J connectivity index is 2.01. The molecule has 0 fully saturated rings. The van der Waals surface area contributed by atoms with Crippen molar-refractivity contribution in [2.24, 2.45) is 5.10 Å². The largest absolute Gasteiger partial charge is 0.418 e. The number of alkyl halides is 3. The SMILES string of the molecule is Cc1ccsc1/C=N/NC(=S)Nc1ccccc1C(F)(F)F. The van der Waals surface area contributed by atoms with Gasteiger partial charge in [-0.2, -0.15) is 18.3 Å². The highest BCUT2D eigenvalue weighted by molar-refractivity contribution is 7.80. The Morgan fingerprint density at radius 1 is 1.27 bits per heavy atom. The lowest BCUT2D eigenvalue weighted by Crippen LogP contribution is -2.25. The van der Waals surface area contributed by atoms with E-state index in [1.807, 2.05) is 18.4 Å². The molecule has 2 N–H and O–H groups in total. The Morgan fingerprint density at radius 2 is 2.00 bits per heavy atom. The molecule has 1 aromatic carbocycles. The highest BCUT2D eigenvalue weighted by Gasteiger charge is 2.33. The van der Waals surface area contributed by atoms with E-state index >= 15 is 0 Å². The molecule has 0 unspecified atom stereocenters. The molecule has 0 radical (unpaired) electrons. The monoisotopic (exact) mass is 343 g/mol. The number of nitrogens with one attached hydrogen (secondary N) is 2. The first-order chi connectivity index (χ1) is 10.4. The maximum Gasteiger partial charge on any atom is 0.418 e. The van der Waals surface area contributed by atoms with Gasteiger partial charge in [-0.25, -0.2) is 0 Å². The summed E-state index contributed by atoms with van der Waals surface area (Å²) >= 11 is 6.46. The van der Waals surface area contributed by atoms with Gasteiger partial charge in [-0.1, -0.05) is 12.1 Å². The van der Waals surface area contributed by atoms with E-state index in [-0.39, 0.29) is 10.8 Å². The third-order valence-corrected chi connectivity index (χ3v) is 3.88. The van der Waals surface area contributed by atoms with Crippen LogP contribution < -0.4 is 10.7 Å². The molecule has 2 rings (SSSR count). The number of thiocarbonyl (C=S) groups is 1. The van der Waals surface area contributed by atoms with E-state index in [0.717, 1.165) is 16.5 Å². The van der Waals surface area contributed by atoms with Gasteiger partial charge in [0.15, 0.2) is 5.11 Å². The molecule has 0 aliphatic rings. The molecular formula is C14H12F3N3S2. The van der Waals surface area contributed by atoms with E-state index in [1.165, 1.54) is 29.5 Å². The van der Waals surface area contributed by atoms with Crippen molar-refractivity contribution >= 4 is 40.6 Å². The van der Waals surface area contributed by atoms with Crippen molar-refractivity contribution in [1.82, 2.24) is 5.43 Å². The summed E-state index contributed by atoms with van der Waals surface area (Å²) in [5.41, 5.74) is 2.67. The van der Waals surface area contributed by atoms with Crippen LogP contribution in [0.2, 0.25) is 0 Å². The molecule has 8 heteroatoms. The van der Waals surface area contributed by atoms with Crippen LogP contribution in [0.1, 0.15) is 16.0 Å². The minimum Gasteiger partial charge on any atom is -0.331 e. The van der Waals surface area contributed by atoms with E-state index in [2.05, 4.69) is 15.8 Å². The summed E-state index contributed by atoms with van der Waals surface area (Å²) in [6.07, 6.45) is -2.87. The van der Waals surface area contributed by atoms with Crippen molar-refractivity contribution in [1.29, 1.82) is 0 Å². The molecule has 0 amide bonds. The van der Waals surface area contributed by atoms with Crippen molar-refractivity contribution in [3.8, 4) is 0 Å². The van der Waals surface area contributed by atoms with Gasteiger partial charge in [-0.05, 0) is 48.3 Å². The van der Waals surface area contributed by atoms with Crippen LogP contribution in [0.3, 0.4) is 0 Å². The highest BCUT2D eigenvalue weighted by Crippen LogP contribution is 2.34. The number of aryl methyl sites for hydroxylation is 1. The summed E-state index contributed by atoms with van der Waals surface area (Å²) < 4.78 is 38.5. The smallest absolute Gasteiger partial charge is 0.331 e. The minimum absolute atomic E-state index is 0.0119. The van der Waals surface area contributed by atoms with E-state index in [4.69, 9.17) is 12.2 Å². The summed E-state index contributed by atoms with van der Waals surface area (Å²) in [4.78, 5) is 0.950. The molecule has 22 heavy (non-hydrogen) atoms. The Hall–Kier alpha value is -1.93. The van der Waals surface area contributed by atoms with Crippen LogP contribution in [0, 0.1) is 6.92 Å². The molecule has 0 aliphatic carbocycles. The zero-order valence-electron chi connectivity index (χ0n) is 11.4. The first kappa shape index (κ1) is 16.4. The van der Waals surface area contributed by atoms with Gasteiger partial charge >= 0.3 is 6.18 Å². The Labute approximate surface area is 134 Å². The second kappa shape index (κ2) is 6.89. The van der Waals surface area contributed by atoms with E-state index in [0.29, 0.717) is 0 Å². The maximum atomic E-state index is 12.8. The quantitative estimate of drug-likeness (QED) is 0.493. The molecule has 0 bridgehead atoms.